The molecule has 0 saturated heterocycles. The van der Waals surface area contributed by atoms with Crippen LogP contribution in [0.2, 0.25) is 0 Å². The van der Waals surface area contributed by atoms with Crippen LogP contribution in [0.1, 0.15) is 12.0 Å². The van der Waals surface area contributed by atoms with E-state index in [4.69, 9.17) is 4.74 Å². The summed E-state index contributed by atoms with van der Waals surface area (Å²) in [5, 5.41) is 3.22. The Bertz CT molecular complexity index is 515. The molecule has 1 atom stereocenters. The molecule has 0 aliphatic heterocycles. The topological polar surface area (TPSA) is 21.3 Å². The van der Waals surface area contributed by atoms with Gasteiger partial charge in [0.25, 0.3) is 0 Å². The molecule has 0 bridgehead atoms. The second-order valence-corrected chi connectivity index (χ2v) is 4.73. The molecule has 0 amide bonds. The Balaban J connectivity index is 1.82. The third kappa shape index (κ3) is 4.35. The van der Waals surface area contributed by atoms with E-state index in [1.807, 2.05) is 49.5 Å². The van der Waals surface area contributed by atoms with Gasteiger partial charge in [0.1, 0.15) is 11.6 Å². The van der Waals surface area contributed by atoms with Crippen molar-refractivity contribution in [2.45, 2.75) is 18.9 Å². The van der Waals surface area contributed by atoms with E-state index in [0.717, 1.165) is 17.7 Å². The highest BCUT2D eigenvalue weighted by molar-refractivity contribution is 5.21. The van der Waals surface area contributed by atoms with Crippen LogP contribution in [0.4, 0.5) is 4.39 Å². The van der Waals surface area contributed by atoms with E-state index in [1.54, 1.807) is 6.07 Å². The van der Waals surface area contributed by atoms with Crippen LogP contribution >= 0.6 is 0 Å². The Hall–Kier alpha value is -1.87. The number of nitrogens with one attached hydrogen (secondary N) is 1. The fraction of sp³-hybridized carbons (Fsp3) is 0.294. The molecule has 0 aliphatic rings. The molecule has 106 valence electrons. The summed E-state index contributed by atoms with van der Waals surface area (Å²) in [5.74, 6) is 0.727. The van der Waals surface area contributed by atoms with E-state index in [1.165, 1.54) is 6.07 Å². The molecule has 0 saturated carbocycles. The lowest BCUT2D eigenvalue weighted by Gasteiger charge is -2.17. The Morgan fingerprint density at radius 2 is 1.75 bits per heavy atom. The van der Waals surface area contributed by atoms with Gasteiger partial charge in [0, 0.05) is 6.04 Å². The van der Waals surface area contributed by atoms with Crippen LogP contribution in [-0.2, 0) is 6.42 Å². The standard InChI is InChI=1S/C17H20FNO/c1-19-15(13-14-7-5-6-10-17(14)18)11-12-20-16-8-3-2-4-9-16/h2-10,15,19H,11-13H2,1H3. The molecule has 0 fully saturated rings. The molecule has 0 spiro atoms. The third-order valence-electron chi connectivity index (χ3n) is 3.31. The second kappa shape index (κ2) is 7.65. The predicted octanol–water partition coefficient (Wildman–Crippen LogP) is 3.43. The van der Waals surface area contributed by atoms with Crippen molar-refractivity contribution >= 4 is 0 Å². The molecule has 0 aliphatic carbocycles. The van der Waals surface area contributed by atoms with Gasteiger partial charge in [-0.2, -0.15) is 0 Å². The van der Waals surface area contributed by atoms with Crippen molar-refractivity contribution in [3.8, 4) is 5.75 Å². The summed E-state index contributed by atoms with van der Waals surface area (Å²) in [5.41, 5.74) is 0.742. The maximum absolute atomic E-state index is 13.6. The van der Waals surface area contributed by atoms with Crippen LogP contribution in [0.3, 0.4) is 0 Å². The van der Waals surface area contributed by atoms with Crippen LogP contribution in [0, 0.1) is 5.82 Å². The van der Waals surface area contributed by atoms with Gasteiger partial charge in [-0.05, 0) is 43.7 Å². The van der Waals surface area contributed by atoms with Gasteiger partial charge in [0.05, 0.1) is 6.61 Å². The molecule has 1 unspecified atom stereocenters. The van der Waals surface area contributed by atoms with Crippen molar-refractivity contribution in [2.75, 3.05) is 13.7 Å². The number of likely N-dealkylation sites (N-methyl/N-ethyl adjacent to an activating group) is 1. The lowest BCUT2D eigenvalue weighted by atomic mass is 10.0. The molecule has 2 aromatic rings. The van der Waals surface area contributed by atoms with Crippen LogP contribution in [0.15, 0.2) is 54.6 Å². The number of halogens is 1. The predicted molar refractivity (Wildman–Crippen MR) is 79.5 cm³/mol. The monoisotopic (exact) mass is 273 g/mol. The zero-order valence-corrected chi connectivity index (χ0v) is 11.7. The first-order valence-electron chi connectivity index (χ1n) is 6.88. The molecule has 20 heavy (non-hydrogen) atoms. The van der Waals surface area contributed by atoms with Gasteiger partial charge in [-0.25, -0.2) is 4.39 Å². The zero-order chi connectivity index (χ0) is 14.2. The molecule has 2 rings (SSSR count). The highest BCUT2D eigenvalue weighted by Crippen LogP contribution is 2.12. The SMILES string of the molecule is CNC(CCOc1ccccc1)Cc1ccccc1F. The van der Waals surface area contributed by atoms with Gasteiger partial charge in [-0.15, -0.1) is 0 Å². The molecule has 2 aromatic carbocycles. The minimum absolute atomic E-state index is 0.142. The van der Waals surface area contributed by atoms with Gasteiger partial charge in [-0.1, -0.05) is 36.4 Å². The summed E-state index contributed by atoms with van der Waals surface area (Å²) in [6.07, 6.45) is 1.50. The van der Waals surface area contributed by atoms with E-state index in [0.29, 0.717) is 13.0 Å². The van der Waals surface area contributed by atoms with E-state index >= 15 is 0 Å². The first-order chi connectivity index (χ1) is 9.79. The van der Waals surface area contributed by atoms with Crippen molar-refractivity contribution in [3.63, 3.8) is 0 Å². The number of benzene rings is 2. The molecule has 3 heteroatoms. The fourth-order valence-corrected chi connectivity index (χ4v) is 2.11. The first kappa shape index (κ1) is 14.5. The molecule has 0 aromatic heterocycles. The highest BCUT2D eigenvalue weighted by atomic mass is 19.1. The van der Waals surface area contributed by atoms with Gasteiger partial charge >= 0.3 is 0 Å². The molecular formula is C17H20FNO. The first-order valence-corrected chi connectivity index (χ1v) is 6.88. The normalized spacial score (nSPS) is 12.1. The quantitative estimate of drug-likeness (QED) is 0.834. The van der Waals surface area contributed by atoms with Crippen molar-refractivity contribution in [1.29, 1.82) is 0 Å². The van der Waals surface area contributed by atoms with Crippen LogP contribution in [0.25, 0.3) is 0 Å². The Kier molecular flexibility index (Phi) is 5.56. The van der Waals surface area contributed by atoms with Gasteiger partial charge < -0.3 is 10.1 Å². The molecular weight excluding hydrogens is 253 g/mol. The zero-order valence-electron chi connectivity index (χ0n) is 11.7. The minimum atomic E-state index is -0.142. The van der Waals surface area contributed by atoms with Gasteiger partial charge in [-0.3, -0.25) is 0 Å². The van der Waals surface area contributed by atoms with E-state index < -0.39 is 0 Å². The largest absolute Gasteiger partial charge is 0.494 e. The van der Waals surface area contributed by atoms with Gasteiger partial charge in [0.15, 0.2) is 0 Å². The maximum Gasteiger partial charge on any atom is 0.126 e. The molecule has 1 N–H and O–H groups in total. The van der Waals surface area contributed by atoms with Crippen molar-refractivity contribution in [2.24, 2.45) is 0 Å². The van der Waals surface area contributed by atoms with Gasteiger partial charge in [0.2, 0.25) is 0 Å². The smallest absolute Gasteiger partial charge is 0.126 e. The van der Waals surface area contributed by atoms with E-state index in [2.05, 4.69) is 5.32 Å². The van der Waals surface area contributed by atoms with Crippen molar-refractivity contribution < 1.29 is 9.13 Å². The Morgan fingerprint density at radius 1 is 1.05 bits per heavy atom. The summed E-state index contributed by atoms with van der Waals surface area (Å²) < 4.78 is 19.3. The number of para-hydroxylation sites is 1. The summed E-state index contributed by atoms with van der Waals surface area (Å²) in [7, 11) is 1.90. The van der Waals surface area contributed by atoms with Crippen LogP contribution in [0.5, 0.6) is 5.75 Å². The lowest BCUT2D eigenvalue weighted by molar-refractivity contribution is 0.288. The number of hydrogen-bond donors (Lipinski definition) is 1. The van der Waals surface area contributed by atoms with E-state index in [9.17, 15) is 4.39 Å². The molecule has 2 nitrogen and oxygen atoms in total. The summed E-state index contributed by atoms with van der Waals surface area (Å²) in [4.78, 5) is 0. The minimum Gasteiger partial charge on any atom is -0.494 e. The van der Waals surface area contributed by atoms with Crippen LogP contribution in [-0.4, -0.2) is 19.7 Å². The van der Waals surface area contributed by atoms with Crippen molar-refractivity contribution in [3.05, 3.63) is 66.0 Å². The lowest BCUT2D eigenvalue weighted by Crippen LogP contribution is -2.29. The number of rotatable bonds is 7. The second-order valence-electron chi connectivity index (χ2n) is 4.73. The Morgan fingerprint density at radius 3 is 2.45 bits per heavy atom. The van der Waals surface area contributed by atoms with Crippen LogP contribution < -0.4 is 10.1 Å². The fourth-order valence-electron chi connectivity index (χ4n) is 2.11. The molecule has 0 heterocycles. The number of ether oxygens (including phenoxy) is 1. The molecule has 0 radical (unpaired) electrons. The maximum atomic E-state index is 13.6. The summed E-state index contributed by atoms with van der Waals surface area (Å²) in [6.45, 7) is 0.615. The summed E-state index contributed by atoms with van der Waals surface area (Å²) >= 11 is 0. The summed E-state index contributed by atoms with van der Waals surface area (Å²) in [6, 6.07) is 16.8. The Labute approximate surface area is 119 Å². The highest BCUT2D eigenvalue weighted by Gasteiger charge is 2.10. The number of hydrogen-bond acceptors (Lipinski definition) is 2. The average Bonchev–Trinajstić information content (AvgIpc) is 2.49. The average molecular weight is 273 g/mol. The van der Waals surface area contributed by atoms with E-state index in [-0.39, 0.29) is 11.9 Å². The third-order valence-corrected chi connectivity index (χ3v) is 3.31. The van der Waals surface area contributed by atoms with Crippen molar-refractivity contribution in [1.82, 2.24) is 5.32 Å².